The van der Waals surface area contributed by atoms with E-state index in [0.717, 1.165) is 6.42 Å². The van der Waals surface area contributed by atoms with Crippen molar-refractivity contribution in [2.45, 2.75) is 111 Å². The summed E-state index contributed by atoms with van der Waals surface area (Å²) < 4.78 is 9.02. The van der Waals surface area contributed by atoms with Gasteiger partial charge in [-0.05, 0) is 13.3 Å². The Hall–Kier alpha value is -1.06. The van der Waals surface area contributed by atoms with E-state index >= 15 is 0 Å². The van der Waals surface area contributed by atoms with Crippen LogP contribution in [-0.4, -0.2) is 25.7 Å². The molecule has 0 rings (SSSR count). The maximum absolute atomic E-state index is 10.9. The zero-order valence-corrected chi connectivity index (χ0v) is 17.2. The van der Waals surface area contributed by atoms with Gasteiger partial charge in [0.2, 0.25) is 0 Å². The number of rotatable bonds is 15. The predicted molar refractivity (Wildman–Crippen MR) is 105 cm³/mol. The first-order chi connectivity index (χ1) is 12.1. The van der Waals surface area contributed by atoms with Crippen molar-refractivity contribution in [3.8, 4) is 0 Å². The van der Waals surface area contributed by atoms with Gasteiger partial charge >= 0.3 is 11.9 Å². The third-order valence-electron chi connectivity index (χ3n) is 4.06. The Morgan fingerprint density at radius 3 is 1.36 bits per heavy atom. The van der Waals surface area contributed by atoms with Crippen LogP contribution in [0.2, 0.25) is 0 Å². The molecule has 0 aliphatic heterocycles. The summed E-state index contributed by atoms with van der Waals surface area (Å²) in [4.78, 5) is 20.7. The number of hydrogen-bond donors (Lipinski definition) is 0. The van der Waals surface area contributed by atoms with Crippen LogP contribution in [0.25, 0.3) is 0 Å². The van der Waals surface area contributed by atoms with Gasteiger partial charge in [0.05, 0.1) is 13.7 Å². The highest BCUT2D eigenvalue weighted by Gasteiger charge is 1.99. The van der Waals surface area contributed by atoms with Gasteiger partial charge in [-0.1, -0.05) is 84.0 Å². The summed E-state index contributed by atoms with van der Waals surface area (Å²) in [6.45, 7) is 5.92. The molecule has 0 fully saturated rings. The third-order valence-corrected chi connectivity index (χ3v) is 4.06. The first-order valence-electron chi connectivity index (χ1n) is 10.3. The van der Waals surface area contributed by atoms with Crippen molar-refractivity contribution in [1.29, 1.82) is 0 Å². The molecular weight excluding hydrogens is 316 g/mol. The van der Waals surface area contributed by atoms with E-state index in [0.29, 0.717) is 13.0 Å². The molecule has 0 aromatic carbocycles. The average molecular weight is 359 g/mol. The molecule has 0 atom stereocenters. The van der Waals surface area contributed by atoms with E-state index < -0.39 is 0 Å². The smallest absolute Gasteiger partial charge is 0.305 e. The molecule has 0 N–H and O–H groups in total. The van der Waals surface area contributed by atoms with Crippen LogP contribution in [-0.2, 0) is 19.1 Å². The largest absolute Gasteiger partial charge is 0.469 e. The predicted octanol–water partition coefficient (Wildman–Crippen LogP) is 6.21. The second-order valence-corrected chi connectivity index (χ2v) is 6.49. The zero-order valence-electron chi connectivity index (χ0n) is 17.2. The second-order valence-electron chi connectivity index (χ2n) is 6.49. The molecule has 0 aromatic rings. The SMILES string of the molecule is CCCCCCCCCCCCCCCC(=O)OC.CCOC(C)=O. The lowest BCUT2D eigenvalue weighted by Crippen LogP contribution is -1.99. The topological polar surface area (TPSA) is 52.6 Å². The molecule has 0 amide bonds. The van der Waals surface area contributed by atoms with Gasteiger partial charge < -0.3 is 9.47 Å². The van der Waals surface area contributed by atoms with Gasteiger partial charge in [0, 0.05) is 13.3 Å². The molecule has 0 unspecified atom stereocenters. The van der Waals surface area contributed by atoms with E-state index in [2.05, 4.69) is 16.4 Å². The van der Waals surface area contributed by atoms with Gasteiger partial charge in [-0.3, -0.25) is 9.59 Å². The lowest BCUT2D eigenvalue weighted by molar-refractivity contribution is -0.141. The highest BCUT2D eigenvalue weighted by molar-refractivity contribution is 5.68. The van der Waals surface area contributed by atoms with Crippen molar-refractivity contribution in [2.75, 3.05) is 13.7 Å². The van der Waals surface area contributed by atoms with E-state index in [1.807, 2.05) is 0 Å². The molecule has 150 valence electrons. The lowest BCUT2D eigenvalue weighted by Gasteiger charge is -2.03. The van der Waals surface area contributed by atoms with Gasteiger partial charge in [0.15, 0.2) is 0 Å². The Labute approximate surface area is 156 Å². The molecule has 0 aliphatic carbocycles. The quantitative estimate of drug-likeness (QED) is 0.258. The summed E-state index contributed by atoms with van der Waals surface area (Å²) in [5, 5.41) is 0. The Balaban J connectivity index is 0. The monoisotopic (exact) mass is 358 g/mol. The summed E-state index contributed by atoms with van der Waals surface area (Å²) in [6, 6.07) is 0. The van der Waals surface area contributed by atoms with Crippen LogP contribution < -0.4 is 0 Å². The average Bonchev–Trinajstić information content (AvgIpc) is 2.59. The van der Waals surface area contributed by atoms with Crippen LogP contribution in [0.4, 0.5) is 0 Å². The highest BCUT2D eigenvalue weighted by atomic mass is 16.5. The van der Waals surface area contributed by atoms with E-state index in [1.165, 1.54) is 91.1 Å². The molecule has 0 bridgehead atoms. The van der Waals surface area contributed by atoms with Crippen molar-refractivity contribution in [3.63, 3.8) is 0 Å². The fourth-order valence-electron chi connectivity index (χ4n) is 2.59. The molecule has 0 spiro atoms. The van der Waals surface area contributed by atoms with E-state index in [1.54, 1.807) is 6.92 Å². The van der Waals surface area contributed by atoms with Gasteiger partial charge in [0.1, 0.15) is 0 Å². The van der Waals surface area contributed by atoms with Gasteiger partial charge in [0.25, 0.3) is 0 Å². The molecule has 0 radical (unpaired) electrons. The van der Waals surface area contributed by atoms with Gasteiger partial charge in [-0.2, -0.15) is 0 Å². The normalized spacial score (nSPS) is 9.92. The van der Waals surface area contributed by atoms with Crippen LogP contribution in [0.3, 0.4) is 0 Å². The fraction of sp³-hybridized carbons (Fsp3) is 0.905. The number of hydrogen-bond acceptors (Lipinski definition) is 4. The Morgan fingerprint density at radius 1 is 0.680 bits per heavy atom. The van der Waals surface area contributed by atoms with Crippen molar-refractivity contribution < 1.29 is 19.1 Å². The van der Waals surface area contributed by atoms with Crippen LogP contribution >= 0.6 is 0 Å². The number of unbranched alkanes of at least 4 members (excludes halogenated alkanes) is 12. The Bertz CT molecular complexity index is 290. The van der Waals surface area contributed by atoms with E-state index in [-0.39, 0.29) is 11.9 Å². The fourth-order valence-corrected chi connectivity index (χ4v) is 2.59. The van der Waals surface area contributed by atoms with Crippen molar-refractivity contribution in [3.05, 3.63) is 0 Å². The van der Waals surface area contributed by atoms with Gasteiger partial charge in [-0.25, -0.2) is 0 Å². The van der Waals surface area contributed by atoms with E-state index in [4.69, 9.17) is 0 Å². The van der Waals surface area contributed by atoms with Crippen LogP contribution in [0.15, 0.2) is 0 Å². The summed E-state index contributed by atoms with van der Waals surface area (Å²) >= 11 is 0. The number of esters is 2. The van der Waals surface area contributed by atoms with Gasteiger partial charge in [-0.15, -0.1) is 0 Å². The molecule has 25 heavy (non-hydrogen) atoms. The minimum absolute atomic E-state index is 0.0666. The number of ether oxygens (including phenoxy) is 2. The molecular formula is C21H42O4. The molecule has 0 heterocycles. The summed E-state index contributed by atoms with van der Waals surface area (Å²) in [5.74, 6) is -0.277. The zero-order chi connectivity index (χ0) is 19.2. The highest BCUT2D eigenvalue weighted by Crippen LogP contribution is 2.12. The third kappa shape index (κ3) is 28.0. The molecule has 0 saturated carbocycles. The number of carbonyl (C=O) groups is 2. The maximum Gasteiger partial charge on any atom is 0.305 e. The molecule has 4 heteroatoms. The Morgan fingerprint density at radius 2 is 1.08 bits per heavy atom. The first-order valence-corrected chi connectivity index (χ1v) is 10.3. The van der Waals surface area contributed by atoms with Crippen LogP contribution in [0, 0.1) is 0 Å². The summed E-state index contributed by atoms with van der Waals surface area (Å²) in [7, 11) is 1.46. The molecule has 4 nitrogen and oxygen atoms in total. The minimum atomic E-state index is -0.211. The van der Waals surface area contributed by atoms with Crippen molar-refractivity contribution in [1.82, 2.24) is 0 Å². The van der Waals surface area contributed by atoms with Crippen molar-refractivity contribution >= 4 is 11.9 Å². The van der Waals surface area contributed by atoms with E-state index in [9.17, 15) is 9.59 Å². The summed E-state index contributed by atoms with van der Waals surface area (Å²) in [5.41, 5.74) is 0. The lowest BCUT2D eigenvalue weighted by atomic mass is 10.0. The molecule has 0 aliphatic rings. The number of carbonyl (C=O) groups excluding carboxylic acids is 2. The second kappa shape index (κ2) is 22.9. The van der Waals surface area contributed by atoms with Crippen LogP contribution in [0.5, 0.6) is 0 Å². The number of methoxy groups -OCH3 is 1. The summed E-state index contributed by atoms with van der Waals surface area (Å²) in [6.07, 6.45) is 18.0. The maximum atomic E-state index is 10.9. The minimum Gasteiger partial charge on any atom is -0.469 e. The molecule has 0 saturated heterocycles. The standard InChI is InChI=1S/C17H34O2.C4H8O2/c1-3-4-5-6-7-8-9-10-11-12-13-14-15-16-17(18)19-2;1-3-6-4(2)5/h3-16H2,1-2H3;3H2,1-2H3. The molecule has 0 aromatic heterocycles. The van der Waals surface area contributed by atoms with Crippen LogP contribution in [0.1, 0.15) is 111 Å². The van der Waals surface area contributed by atoms with Crippen molar-refractivity contribution in [2.24, 2.45) is 0 Å². The first kappa shape index (κ1) is 26.2. The Kier molecular flexibility index (Phi) is 24.0.